The van der Waals surface area contributed by atoms with Gasteiger partial charge in [-0.25, -0.2) is 14.4 Å². The number of piperidine rings is 1. The molecule has 6 heteroatoms. The Morgan fingerprint density at radius 3 is 3.00 bits per heavy atom. The Hall–Kier alpha value is -2.42. The van der Waals surface area contributed by atoms with E-state index >= 15 is 0 Å². The minimum absolute atomic E-state index is 0.00134. The predicted octanol–water partition coefficient (Wildman–Crippen LogP) is 1.76. The van der Waals surface area contributed by atoms with E-state index in [2.05, 4.69) is 34.7 Å². The van der Waals surface area contributed by atoms with Gasteiger partial charge in [-0.05, 0) is 25.8 Å². The number of terminal acetylenes is 1. The Labute approximate surface area is 124 Å². The van der Waals surface area contributed by atoms with Gasteiger partial charge in [0, 0.05) is 19.1 Å². The zero-order valence-electron chi connectivity index (χ0n) is 12.1. The van der Waals surface area contributed by atoms with Crippen LogP contribution in [0.25, 0.3) is 0 Å². The highest BCUT2D eigenvalue weighted by molar-refractivity contribution is 5.87. The lowest BCUT2D eigenvalue weighted by Gasteiger charge is -2.32. The first kappa shape index (κ1) is 16.6. The maximum Gasteiger partial charge on any atom is 0.246 e. The predicted molar refractivity (Wildman–Crippen MR) is 80.0 cm³/mol. The topological polar surface area (TPSA) is 58.1 Å². The highest BCUT2D eigenvalue weighted by Gasteiger charge is 2.23. The van der Waals surface area contributed by atoms with E-state index < -0.39 is 5.82 Å². The third-order valence-electron chi connectivity index (χ3n) is 3.11. The molecule has 0 aliphatic carbocycles. The summed E-state index contributed by atoms with van der Waals surface area (Å²) < 4.78 is 13.6. The molecule has 0 radical (unpaired) electrons. The summed E-state index contributed by atoms with van der Waals surface area (Å²) >= 11 is 0. The second-order valence-corrected chi connectivity index (χ2v) is 4.59. The number of aromatic nitrogens is 2. The Kier molecular flexibility index (Phi) is 6.34. The number of carbonyl (C=O) groups is 1. The van der Waals surface area contributed by atoms with Crippen molar-refractivity contribution in [2.75, 3.05) is 18.4 Å². The lowest BCUT2D eigenvalue weighted by Crippen LogP contribution is -2.44. The Morgan fingerprint density at radius 1 is 1.62 bits per heavy atom. The van der Waals surface area contributed by atoms with Crippen molar-refractivity contribution in [2.45, 2.75) is 25.8 Å². The first-order valence-corrected chi connectivity index (χ1v) is 6.60. The SMILES string of the molecule is C#C.C=CC(=O)N1CCCC(Nc2nc(C)ncc2F)C1. The van der Waals surface area contributed by atoms with Crippen LogP contribution in [-0.2, 0) is 4.79 Å². The van der Waals surface area contributed by atoms with Crippen molar-refractivity contribution in [1.29, 1.82) is 0 Å². The highest BCUT2D eigenvalue weighted by Crippen LogP contribution is 2.17. The number of rotatable bonds is 3. The van der Waals surface area contributed by atoms with Gasteiger partial charge < -0.3 is 10.2 Å². The van der Waals surface area contributed by atoms with Crippen LogP contribution in [0, 0.1) is 25.6 Å². The normalized spacial score (nSPS) is 17.3. The molecule has 1 atom stereocenters. The summed E-state index contributed by atoms with van der Waals surface area (Å²) in [7, 11) is 0. The van der Waals surface area contributed by atoms with E-state index in [1.165, 1.54) is 6.08 Å². The quantitative estimate of drug-likeness (QED) is 0.681. The number of hydrogen-bond acceptors (Lipinski definition) is 4. The highest BCUT2D eigenvalue weighted by atomic mass is 19.1. The van der Waals surface area contributed by atoms with Crippen LogP contribution in [0.2, 0.25) is 0 Å². The molecule has 1 aliphatic rings. The molecular weight excluding hydrogens is 271 g/mol. The molecule has 1 saturated heterocycles. The largest absolute Gasteiger partial charge is 0.363 e. The molecule has 5 nitrogen and oxygen atoms in total. The van der Waals surface area contributed by atoms with Crippen molar-refractivity contribution in [3.05, 3.63) is 30.5 Å². The van der Waals surface area contributed by atoms with E-state index in [4.69, 9.17) is 0 Å². The van der Waals surface area contributed by atoms with Gasteiger partial charge in [0.15, 0.2) is 11.6 Å². The molecule has 0 saturated carbocycles. The number of halogens is 1. The molecule has 0 spiro atoms. The third kappa shape index (κ3) is 4.56. The Morgan fingerprint density at radius 2 is 2.33 bits per heavy atom. The van der Waals surface area contributed by atoms with Gasteiger partial charge in [-0.2, -0.15) is 0 Å². The van der Waals surface area contributed by atoms with Crippen LogP contribution < -0.4 is 5.32 Å². The van der Waals surface area contributed by atoms with Gasteiger partial charge in [-0.3, -0.25) is 4.79 Å². The molecular formula is C15H19FN4O. The number of likely N-dealkylation sites (tertiary alicyclic amines) is 1. The summed E-state index contributed by atoms with van der Waals surface area (Å²) in [5.74, 6) is 0.146. The van der Waals surface area contributed by atoms with E-state index in [0.29, 0.717) is 18.9 Å². The van der Waals surface area contributed by atoms with E-state index in [-0.39, 0.29) is 17.8 Å². The lowest BCUT2D eigenvalue weighted by molar-refractivity contribution is -0.127. The number of amides is 1. The molecule has 2 rings (SSSR count). The summed E-state index contributed by atoms with van der Waals surface area (Å²) in [6, 6.07) is 0.00134. The second-order valence-electron chi connectivity index (χ2n) is 4.59. The number of aryl methyl sites for hydroxylation is 1. The minimum atomic E-state index is -0.474. The maximum absolute atomic E-state index is 13.6. The van der Waals surface area contributed by atoms with Crippen LogP contribution in [0.3, 0.4) is 0 Å². The summed E-state index contributed by atoms with van der Waals surface area (Å²) in [6.07, 6.45) is 12.2. The fourth-order valence-electron chi connectivity index (χ4n) is 2.17. The van der Waals surface area contributed by atoms with Crippen LogP contribution in [0.1, 0.15) is 18.7 Å². The van der Waals surface area contributed by atoms with Crippen LogP contribution >= 0.6 is 0 Å². The number of nitrogens with one attached hydrogen (secondary N) is 1. The number of anilines is 1. The van der Waals surface area contributed by atoms with Crippen molar-refractivity contribution in [3.63, 3.8) is 0 Å². The summed E-state index contributed by atoms with van der Waals surface area (Å²) in [5, 5.41) is 3.04. The number of carbonyl (C=O) groups excluding carboxylic acids is 1. The van der Waals surface area contributed by atoms with Gasteiger partial charge in [0.2, 0.25) is 5.91 Å². The van der Waals surface area contributed by atoms with Gasteiger partial charge in [0.1, 0.15) is 5.82 Å². The molecule has 1 amide bonds. The Balaban J connectivity index is 0.00000106. The Bertz CT molecular complexity index is 530. The zero-order valence-corrected chi connectivity index (χ0v) is 12.1. The average Bonchev–Trinajstić information content (AvgIpc) is 2.52. The van der Waals surface area contributed by atoms with Crippen LogP contribution in [-0.4, -0.2) is 39.9 Å². The third-order valence-corrected chi connectivity index (χ3v) is 3.11. The van der Waals surface area contributed by atoms with Crippen molar-refractivity contribution >= 4 is 11.7 Å². The summed E-state index contributed by atoms with van der Waals surface area (Å²) in [4.78, 5) is 21.1. The second kappa shape index (κ2) is 8.00. The monoisotopic (exact) mass is 290 g/mol. The van der Waals surface area contributed by atoms with Gasteiger partial charge in [0.25, 0.3) is 0 Å². The fraction of sp³-hybridized carbons (Fsp3) is 0.400. The minimum Gasteiger partial charge on any atom is -0.363 e. The standard InChI is InChI=1S/C13H17FN4O.C2H2/c1-3-12(19)18-6-4-5-10(8-18)17-13-11(14)7-15-9(2)16-13;1-2/h3,7,10H,1,4-6,8H2,2H3,(H,15,16,17);1-2H. The van der Waals surface area contributed by atoms with Gasteiger partial charge in [-0.15, -0.1) is 12.8 Å². The average molecular weight is 290 g/mol. The van der Waals surface area contributed by atoms with Crippen LogP contribution in [0.5, 0.6) is 0 Å². The van der Waals surface area contributed by atoms with E-state index in [0.717, 1.165) is 19.0 Å². The van der Waals surface area contributed by atoms with Crippen molar-refractivity contribution < 1.29 is 9.18 Å². The first-order chi connectivity index (χ1) is 10.1. The lowest BCUT2D eigenvalue weighted by atomic mass is 10.1. The molecule has 1 aromatic heterocycles. The molecule has 21 heavy (non-hydrogen) atoms. The van der Waals surface area contributed by atoms with Crippen molar-refractivity contribution in [3.8, 4) is 12.8 Å². The van der Waals surface area contributed by atoms with E-state index in [1.54, 1.807) is 11.8 Å². The van der Waals surface area contributed by atoms with Gasteiger partial charge >= 0.3 is 0 Å². The van der Waals surface area contributed by atoms with Crippen molar-refractivity contribution in [1.82, 2.24) is 14.9 Å². The molecule has 2 heterocycles. The number of hydrogen-bond donors (Lipinski definition) is 1. The first-order valence-electron chi connectivity index (χ1n) is 6.60. The zero-order chi connectivity index (χ0) is 15.8. The number of nitrogens with zero attached hydrogens (tertiary/aromatic N) is 3. The maximum atomic E-state index is 13.6. The van der Waals surface area contributed by atoms with Crippen molar-refractivity contribution in [2.24, 2.45) is 0 Å². The molecule has 1 aliphatic heterocycles. The van der Waals surface area contributed by atoms with Crippen LogP contribution in [0.15, 0.2) is 18.9 Å². The van der Waals surface area contributed by atoms with Crippen LogP contribution in [0.4, 0.5) is 10.2 Å². The smallest absolute Gasteiger partial charge is 0.246 e. The molecule has 0 bridgehead atoms. The fourth-order valence-corrected chi connectivity index (χ4v) is 2.17. The molecule has 1 aromatic rings. The molecule has 0 aromatic carbocycles. The van der Waals surface area contributed by atoms with Gasteiger partial charge in [0.05, 0.1) is 6.20 Å². The van der Waals surface area contributed by atoms with Gasteiger partial charge in [-0.1, -0.05) is 6.58 Å². The molecule has 1 fully saturated rings. The molecule has 1 N–H and O–H groups in total. The molecule has 112 valence electrons. The summed E-state index contributed by atoms with van der Waals surface area (Å²) in [5.41, 5.74) is 0. The van der Waals surface area contributed by atoms with E-state index in [1.807, 2.05) is 0 Å². The van der Waals surface area contributed by atoms with E-state index in [9.17, 15) is 9.18 Å². The summed E-state index contributed by atoms with van der Waals surface area (Å²) in [6.45, 7) is 6.44. The molecule has 1 unspecified atom stereocenters.